The first-order chi connectivity index (χ1) is 13.1. The van der Waals surface area contributed by atoms with Crippen LogP contribution < -0.4 is 83.0 Å². The molecule has 0 saturated carbocycles. The van der Waals surface area contributed by atoms with Crippen molar-refractivity contribution in [3.63, 3.8) is 0 Å². The predicted octanol–water partition coefficient (Wildman–Crippen LogP) is -2.45. The Kier molecular flexibility index (Phi) is 278. The van der Waals surface area contributed by atoms with Crippen LogP contribution in [0.3, 0.4) is 0 Å². The second kappa shape index (κ2) is 108. The second-order valence-electron chi connectivity index (χ2n) is 3.59. The van der Waals surface area contributed by atoms with E-state index < -0.39 is 15.2 Å². The normalized spacial score (nSPS) is 5.32. The van der Waals surface area contributed by atoms with Crippen LogP contribution in [0.2, 0.25) is 0 Å². The number of unbranched alkanes of at least 4 members (excludes halogenated alkanes) is 1. The summed E-state index contributed by atoms with van der Waals surface area (Å²) in [6, 6.07) is 0. The fourth-order valence-electron chi connectivity index (χ4n) is 0.572. The Labute approximate surface area is 301 Å². The summed E-state index contributed by atoms with van der Waals surface area (Å²) in [7, 11) is 0. The minimum absolute atomic E-state index is 0. The number of nitrogens with two attached hydrogens (primary N) is 2. The summed E-state index contributed by atoms with van der Waals surface area (Å²) in [5.41, 5.74) is 9.25. The van der Waals surface area contributed by atoms with Crippen molar-refractivity contribution in [2.75, 3.05) is 13.4 Å². The van der Waals surface area contributed by atoms with Gasteiger partial charge in [0.05, 0.1) is 0 Å². The van der Waals surface area contributed by atoms with Gasteiger partial charge in [-0.3, -0.25) is 14.4 Å². The van der Waals surface area contributed by atoms with E-state index in [1.165, 1.54) is 12.3 Å². The molecule has 0 saturated heterocycles. The zero-order valence-corrected chi connectivity index (χ0v) is 25.6. The van der Waals surface area contributed by atoms with Crippen molar-refractivity contribution in [2.45, 2.75) is 83.6 Å². The van der Waals surface area contributed by atoms with Gasteiger partial charge in [-0.2, -0.15) is 10.3 Å². The SMILES string of the molecule is C.C.C.C.C.C.CCCC=O.N#COCN=C=O.NCN.O=C(Cl)CCCC(=O)Cl.O=C(Cl)Cl.[Cl-].[Na+].[Na+].[OH-]. The van der Waals surface area contributed by atoms with Crippen LogP contribution in [0.1, 0.15) is 83.6 Å². The summed E-state index contributed by atoms with van der Waals surface area (Å²) in [6.45, 7) is 2.01. The number of hydrogen-bond acceptors (Lipinski definition) is 11. The molecule has 0 atom stereocenters. The van der Waals surface area contributed by atoms with Crippen LogP contribution in [0.15, 0.2) is 4.99 Å². The Morgan fingerprint density at radius 1 is 0.921 bits per heavy atom. The summed E-state index contributed by atoms with van der Waals surface area (Å²) in [5, 5.41) is 6.78. The average molecular weight is 679 g/mol. The summed E-state index contributed by atoms with van der Waals surface area (Å²) >= 11 is 18.7. The summed E-state index contributed by atoms with van der Waals surface area (Å²) in [6.07, 6.45) is 6.04. The van der Waals surface area contributed by atoms with E-state index in [0.717, 1.165) is 12.7 Å². The monoisotopic (exact) mass is 676 g/mol. The third-order valence-electron chi connectivity index (χ3n) is 1.41. The Balaban J connectivity index is -0.0000000130. The molecule has 0 heterocycles. The van der Waals surface area contributed by atoms with E-state index >= 15 is 0 Å². The molecule has 38 heavy (non-hydrogen) atoms. The molecule has 0 bridgehead atoms. The number of hydrogen-bond donors (Lipinski definition) is 2. The third-order valence-corrected chi connectivity index (χ3v) is 1.79. The molecule has 0 aromatic rings. The number of aldehydes is 1. The van der Waals surface area contributed by atoms with Crippen LogP contribution in [0.4, 0.5) is 4.79 Å². The van der Waals surface area contributed by atoms with Gasteiger partial charge < -0.3 is 38.9 Å². The third kappa shape index (κ3) is 290. The first-order valence-electron chi connectivity index (χ1n) is 7.20. The van der Waals surface area contributed by atoms with E-state index in [0.29, 0.717) is 12.8 Å². The molecule has 11 nitrogen and oxygen atoms in total. The molecule has 0 aliphatic heterocycles. The molecule has 0 aliphatic carbocycles. The quantitative estimate of drug-likeness (QED) is 0.0404. The number of nitriles is 1. The van der Waals surface area contributed by atoms with Gasteiger partial charge in [0.15, 0.2) is 0 Å². The Hall–Kier alpha value is 0.680. The topological polar surface area (TPSA) is 213 Å². The number of nitrogens with zero attached hydrogens (tertiary/aromatic N) is 2. The number of halogens is 5. The molecule has 0 aromatic carbocycles. The van der Waals surface area contributed by atoms with Crippen molar-refractivity contribution in [1.29, 1.82) is 5.26 Å². The second-order valence-corrected chi connectivity index (χ2v) is 5.32. The van der Waals surface area contributed by atoms with Crippen molar-refractivity contribution in [2.24, 2.45) is 16.5 Å². The molecule has 0 aromatic heterocycles. The molecule has 0 fully saturated rings. The van der Waals surface area contributed by atoms with Crippen LogP contribution in [-0.2, 0) is 23.9 Å². The molecule has 5 N–H and O–H groups in total. The van der Waals surface area contributed by atoms with E-state index in [1.54, 1.807) is 0 Å². The maximum Gasteiger partial charge on any atom is 1.00 e. The molecule has 0 aliphatic rings. The van der Waals surface area contributed by atoms with Crippen molar-refractivity contribution in [3.8, 4) is 6.26 Å². The Morgan fingerprint density at radius 2 is 1.21 bits per heavy atom. The largest absolute Gasteiger partial charge is 1.00 e. The van der Waals surface area contributed by atoms with Crippen LogP contribution in [-0.4, -0.2) is 46.4 Å². The molecular formula is C20H47Cl5N4Na2O7. The predicted molar refractivity (Wildman–Crippen MR) is 149 cm³/mol. The van der Waals surface area contributed by atoms with Crippen LogP contribution in [0.25, 0.3) is 0 Å². The molecule has 0 radical (unpaired) electrons. The molecule has 0 amide bonds. The van der Waals surface area contributed by atoms with Crippen molar-refractivity contribution in [1.82, 2.24) is 0 Å². The standard InChI is InChI=1S/C5H6Cl2O2.C4H8O.C3H2N2O2.CCl2O.CH6N2.6CH4.ClH.2Na.H2O/c6-4(8)2-1-3-5(7)9;1-2-3-4-5;4-1-7-3-5-2-6;2-1(3)4;2-1-3;;;;;;;;;;/h1-3H2;4H,2-3H2,1H3;3H2;;1-3H2;6*1H4;1H;;;1H2/q;;;;;;;;;;;;2*+1;/p-2. The van der Waals surface area contributed by atoms with E-state index in [-0.39, 0.29) is 148 Å². The van der Waals surface area contributed by atoms with Crippen LogP contribution in [0.5, 0.6) is 0 Å². The average Bonchev–Trinajstić information content (AvgIpc) is 2.57. The van der Waals surface area contributed by atoms with Crippen molar-refractivity contribution in [3.05, 3.63) is 0 Å². The van der Waals surface area contributed by atoms with Gasteiger partial charge in [-0.15, -0.1) is 0 Å². The zero-order valence-electron chi connectivity index (χ0n) is 17.9. The van der Waals surface area contributed by atoms with Gasteiger partial charge in [-0.1, -0.05) is 51.5 Å². The van der Waals surface area contributed by atoms with Gasteiger partial charge in [-0.05, 0) is 59.2 Å². The Morgan fingerprint density at radius 3 is 1.34 bits per heavy atom. The van der Waals surface area contributed by atoms with E-state index in [2.05, 4.69) is 44.4 Å². The number of rotatable bonds is 8. The number of carbonyl (C=O) groups is 4. The smallest absolute Gasteiger partial charge is 1.00 e. The number of carbonyl (C=O) groups excluding carboxylic acids is 5. The van der Waals surface area contributed by atoms with E-state index in [9.17, 15) is 19.2 Å². The Bertz CT molecular complexity index is 487. The molecule has 0 spiro atoms. The number of ether oxygens (including phenoxy) is 1. The van der Waals surface area contributed by atoms with E-state index in [4.69, 9.17) is 33.3 Å². The summed E-state index contributed by atoms with van der Waals surface area (Å²) in [4.78, 5) is 50.6. The first kappa shape index (κ1) is 97.9. The van der Waals surface area contributed by atoms with Gasteiger partial charge in [-0.25, -0.2) is 4.79 Å². The van der Waals surface area contributed by atoms with Gasteiger partial charge in [0.2, 0.25) is 23.3 Å². The van der Waals surface area contributed by atoms with Crippen molar-refractivity contribution < 1.29 is 106 Å². The van der Waals surface area contributed by atoms with Gasteiger partial charge >= 0.3 is 63.8 Å². The molecule has 0 unspecified atom stereocenters. The van der Waals surface area contributed by atoms with Crippen LogP contribution in [0, 0.1) is 11.5 Å². The first-order valence-corrected chi connectivity index (χ1v) is 8.72. The van der Waals surface area contributed by atoms with E-state index in [1.807, 2.05) is 6.92 Å². The van der Waals surface area contributed by atoms with Crippen molar-refractivity contribution >= 4 is 74.0 Å². The number of aliphatic imine (C=N–C) groups is 1. The molecule has 0 rings (SSSR count). The fraction of sp³-hybridized carbons (Fsp3) is 0.700. The van der Waals surface area contributed by atoms with Gasteiger partial charge in [0.25, 0.3) is 6.26 Å². The minimum Gasteiger partial charge on any atom is -1.00 e. The maximum atomic E-state index is 10.0. The summed E-state index contributed by atoms with van der Waals surface area (Å²) in [5.74, 6) is 0. The minimum atomic E-state index is -0.889. The number of isocyanates is 1. The maximum absolute atomic E-state index is 10.0. The van der Waals surface area contributed by atoms with Gasteiger partial charge in [0.1, 0.15) is 6.29 Å². The van der Waals surface area contributed by atoms with Gasteiger partial charge in [0, 0.05) is 25.9 Å². The molecule has 226 valence electrons. The molecular weight excluding hydrogens is 631 g/mol. The zero-order chi connectivity index (χ0) is 23.2. The summed E-state index contributed by atoms with van der Waals surface area (Å²) < 4.78 is 3.06. The fourth-order valence-corrected chi connectivity index (χ4v) is 0.839. The van der Waals surface area contributed by atoms with Crippen LogP contribution >= 0.6 is 46.4 Å². The molecule has 18 heteroatoms.